The molecule has 1 aromatic heterocycles. The summed E-state index contributed by atoms with van der Waals surface area (Å²) >= 11 is 18.7. The molecule has 1 aliphatic heterocycles. The Hall–Kier alpha value is -1.75. The zero-order valence-corrected chi connectivity index (χ0v) is 15.6. The predicted octanol–water partition coefficient (Wildman–Crippen LogP) is 4.92. The van der Waals surface area contributed by atoms with Crippen molar-refractivity contribution in [3.05, 3.63) is 57.7 Å². The van der Waals surface area contributed by atoms with Gasteiger partial charge in [-0.05, 0) is 24.3 Å². The lowest BCUT2D eigenvalue weighted by Crippen LogP contribution is -2.46. The van der Waals surface area contributed by atoms with E-state index in [2.05, 4.69) is 20.0 Å². The third kappa shape index (κ3) is 3.22. The molecule has 0 atom stereocenters. The van der Waals surface area contributed by atoms with Crippen LogP contribution in [0.5, 0.6) is 0 Å². The van der Waals surface area contributed by atoms with Gasteiger partial charge in [0.15, 0.2) is 0 Å². The Kier molecular flexibility index (Phi) is 4.59. The number of rotatable bonds is 2. The maximum atomic E-state index is 6.33. The predicted molar refractivity (Wildman–Crippen MR) is 105 cm³/mol. The highest BCUT2D eigenvalue weighted by atomic mass is 35.5. The molecule has 2 aromatic carbocycles. The number of benzene rings is 2. The molecule has 4 rings (SSSR count). The number of aromatic nitrogens is 2. The van der Waals surface area contributed by atoms with Crippen LogP contribution in [0.4, 0.5) is 11.4 Å². The fourth-order valence-electron chi connectivity index (χ4n) is 3.20. The summed E-state index contributed by atoms with van der Waals surface area (Å²) in [5.74, 6) is 0. The molecular weight excluding hydrogens is 379 g/mol. The van der Waals surface area contributed by atoms with Crippen molar-refractivity contribution in [2.24, 2.45) is 0 Å². The van der Waals surface area contributed by atoms with Crippen molar-refractivity contribution < 1.29 is 0 Å². The summed E-state index contributed by atoms with van der Waals surface area (Å²) in [5.41, 5.74) is 2.78. The molecule has 4 nitrogen and oxygen atoms in total. The van der Waals surface area contributed by atoms with Crippen molar-refractivity contribution in [2.45, 2.75) is 0 Å². The van der Waals surface area contributed by atoms with Gasteiger partial charge in [0, 0.05) is 36.6 Å². The van der Waals surface area contributed by atoms with Crippen LogP contribution >= 0.6 is 34.8 Å². The Morgan fingerprint density at radius 2 is 1.52 bits per heavy atom. The SMILES string of the molecule is Clc1ccc(Cl)c(N2CCN(c3cnnc4c(Cl)cccc34)CC2)c1. The molecule has 0 saturated carbocycles. The zero-order valence-electron chi connectivity index (χ0n) is 13.3. The third-order valence-corrected chi connectivity index (χ3v) is 5.33. The van der Waals surface area contributed by atoms with E-state index >= 15 is 0 Å². The first-order valence-corrected chi connectivity index (χ1v) is 9.12. The largest absolute Gasteiger partial charge is 0.367 e. The minimum Gasteiger partial charge on any atom is -0.367 e. The second kappa shape index (κ2) is 6.87. The number of hydrogen-bond donors (Lipinski definition) is 0. The average molecular weight is 394 g/mol. The van der Waals surface area contributed by atoms with Crippen molar-refractivity contribution in [1.29, 1.82) is 0 Å². The molecule has 1 saturated heterocycles. The fourth-order valence-corrected chi connectivity index (χ4v) is 3.82. The maximum absolute atomic E-state index is 6.33. The van der Waals surface area contributed by atoms with Gasteiger partial charge in [0.1, 0.15) is 5.52 Å². The van der Waals surface area contributed by atoms with Gasteiger partial charge in [-0.2, -0.15) is 5.10 Å². The molecule has 0 N–H and O–H groups in total. The lowest BCUT2D eigenvalue weighted by atomic mass is 10.1. The van der Waals surface area contributed by atoms with E-state index in [4.69, 9.17) is 34.8 Å². The van der Waals surface area contributed by atoms with Crippen LogP contribution < -0.4 is 9.80 Å². The summed E-state index contributed by atoms with van der Waals surface area (Å²) in [6.07, 6.45) is 1.81. The number of hydrogen-bond acceptors (Lipinski definition) is 4. The molecule has 0 radical (unpaired) electrons. The molecule has 0 unspecified atom stereocenters. The molecule has 128 valence electrons. The Morgan fingerprint density at radius 3 is 2.28 bits per heavy atom. The van der Waals surface area contributed by atoms with Gasteiger partial charge in [-0.25, -0.2) is 0 Å². The van der Waals surface area contributed by atoms with E-state index in [-0.39, 0.29) is 0 Å². The standard InChI is InChI=1S/C18H15Cl3N4/c19-12-4-5-14(20)16(10-12)24-6-8-25(9-7-24)17-11-22-23-18-13(17)2-1-3-15(18)21/h1-5,10-11H,6-9H2. The molecule has 0 bridgehead atoms. The van der Waals surface area contributed by atoms with Crippen LogP contribution in [0, 0.1) is 0 Å². The molecule has 0 spiro atoms. The summed E-state index contributed by atoms with van der Waals surface area (Å²) in [7, 11) is 0. The molecule has 1 fully saturated rings. The number of anilines is 2. The van der Waals surface area contributed by atoms with Gasteiger partial charge < -0.3 is 9.80 Å². The molecule has 25 heavy (non-hydrogen) atoms. The number of piperazine rings is 1. The summed E-state index contributed by atoms with van der Waals surface area (Å²) in [4.78, 5) is 4.57. The Labute approximate surface area is 160 Å². The van der Waals surface area contributed by atoms with Crippen molar-refractivity contribution in [3.8, 4) is 0 Å². The van der Waals surface area contributed by atoms with E-state index in [1.165, 1.54) is 0 Å². The highest BCUT2D eigenvalue weighted by molar-refractivity contribution is 6.35. The molecule has 0 aliphatic carbocycles. The summed E-state index contributed by atoms with van der Waals surface area (Å²) < 4.78 is 0. The van der Waals surface area contributed by atoms with E-state index in [9.17, 15) is 0 Å². The molecular formula is C18H15Cl3N4. The van der Waals surface area contributed by atoms with Gasteiger partial charge in [-0.1, -0.05) is 46.9 Å². The monoisotopic (exact) mass is 392 g/mol. The van der Waals surface area contributed by atoms with E-state index in [0.717, 1.165) is 53.5 Å². The number of halogens is 3. The first-order valence-electron chi connectivity index (χ1n) is 7.98. The van der Waals surface area contributed by atoms with Gasteiger partial charge in [-0.15, -0.1) is 5.10 Å². The second-order valence-electron chi connectivity index (χ2n) is 5.94. The molecule has 0 amide bonds. The summed E-state index contributed by atoms with van der Waals surface area (Å²) in [5, 5.41) is 11.4. The highest BCUT2D eigenvalue weighted by Gasteiger charge is 2.21. The third-order valence-electron chi connectivity index (χ3n) is 4.47. The normalized spacial score (nSPS) is 15.0. The zero-order chi connectivity index (χ0) is 17.4. The molecule has 3 aromatic rings. The Balaban J connectivity index is 1.59. The minimum absolute atomic E-state index is 0.621. The lowest BCUT2D eigenvalue weighted by Gasteiger charge is -2.38. The van der Waals surface area contributed by atoms with Crippen molar-refractivity contribution in [3.63, 3.8) is 0 Å². The van der Waals surface area contributed by atoms with E-state index in [1.54, 1.807) is 6.20 Å². The van der Waals surface area contributed by atoms with Crippen LogP contribution in [0.3, 0.4) is 0 Å². The summed E-state index contributed by atoms with van der Waals surface area (Å²) in [6.45, 7) is 3.42. The Bertz CT molecular complexity index is 923. The van der Waals surface area contributed by atoms with Crippen LogP contribution in [0.1, 0.15) is 0 Å². The van der Waals surface area contributed by atoms with Gasteiger partial charge in [0.05, 0.1) is 27.6 Å². The maximum Gasteiger partial charge on any atom is 0.114 e. The fraction of sp³-hybridized carbons (Fsp3) is 0.222. The topological polar surface area (TPSA) is 32.3 Å². The van der Waals surface area contributed by atoms with Gasteiger partial charge in [0.25, 0.3) is 0 Å². The van der Waals surface area contributed by atoms with Crippen molar-refractivity contribution in [2.75, 3.05) is 36.0 Å². The van der Waals surface area contributed by atoms with E-state index in [1.807, 2.05) is 36.4 Å². The summed E-state index contributed by atoms with van der Waals surface area (Å²) in [6, 6.07) is 11.4. The van der Waals surface area contributed by atoms with E-state index < -0.39 is 0 Å². The average Bonchev–Trinajstić information content (AvgIpc) is 2.64. The lowest BCUT2D eigenvalue weighted by molar-refractivity contribution is 0.654. The van der Waals surface area contributed by atoms with Crippen LogP contribution in [0.25, 0.3) is 10.9 Å². The smallest absolute Gasteiger partial charge is 0.114 e. The van der Waals surface area contributed by atoms with Crippen LogP contribution in [0.15, 0.2) is 42.6 Å². The highest BCUT2D eigenvalue weighted by Crippen LogP contribution is 2.32. The van der Waals surface area contributed by atoms with Gasteiger partial charge >= 0.3 is 0 Å². The Morgan fingerprint density at radius 1 is 0.800 bits per heavy atom. The number of fused-ring (bicyclic) bond motifs is 1. The first kappa shape index (κ1) is 16.7. The van der Waals surface area contributed by atoms with Crippen molar-refractivity contribution in [1.82, 2.24) is 10.2 Å². The van der Waals surface area contributed by atoms with Crippen molar-refractivity contribution >= 4 is 57.1 Å². The van der Waals surface area contributed by atoms with Crippen LogP contribution in [-0.2, 0) is 0 Å². The molecule has 1 aliphatic rings. The second-order valence-corrected chi connectivity index (χ2v) is 7.19. The minimum atomic E-state index is 0.621. The van der Waals surface area contributed by atoms with Gasteiger partial charge in [-0.3, -0.25) is 0 Å². The van der Waals surface area contributed by atoms with E-state index in [0.29, 0.717) is 10.0 Å². The van der Waals surface area contributed by atoms with Gasteiger partial charge in [0.2, 0.25) is 0 Å². The van der Waals surface area contributed by atoms with Crippen LogP contribution in [-0.4, -0.2) is 36.4 Å². The number of nitrogens with zero attached hydrogens (tertiary/aromatic N) is 4. The molecule has 7 heteroatoms. The molecule has 2 heterocycles. The quantitative estimate of drug-likeness (QED) is 0.619. The first-order chi connectivity index (χ1) is 12.1. The van der Waals surface area contributed by atoms with Crippen LogP contribution in [0.2, 0.25) is 15.1 Å².